The van der Waals surface area contributed by atoms with Crippen LogP contribution in [0.2, 0.25) is 0 Å². The molecule has 19 heteroatoms. The maximum atomic E-state index is 13.3. The standard InChI is InChI=1S/C74H135NO18/c1-3-5-7-9-11-12-13-14-15-16-17-18-19-20-21-22-23-24-25-26-27-28-29-30-31-32-33-34-35-36-37-38-39-40-41-42-43-44-46-48-50-52-62(80)75-57(58(79)51-49-47-45-10-8-6-4-2)56-88-72-68(86)65(83)70(60(54-77)90-72)93-74-69(87)66(84)71(61(55-78)91-74)92-73-67(85)64(82)63(81)59(53-76)89-73/h5,7,11-12,14-15,17-18,57-61,63-74,76-79,81-87H,3-4,6,8-10,13,16,19-56H2,1-2H3,(H,75,80)/b7-5-,12-11-,15-14-,18-17-. The topological polar surface area (TPSA) is 307 Å². The molecule has 3 aliphatic heterocycles. The summed E-state index contributed by atoms with van der Waals surface area (Å²) in [6.07, 6.45) is 41.5. The Bertz CT molecular complexity index is 1870. The van der Waals surface area contributed by atoms with E-state index in [9.17, 15) is 61.0 Å². The molecule has 544 valence electrons. The molecule has 0 radical (unpaired) electrons. The van der Waals surface area contributed by atoms with Gasteiger partial charge in [-0.15, -0.1) is 0 Å². The number of aliphatic hydroxyl groups is 11. The molecule has 0 bridgehead atoms. The van der Waals surface area contributed by atoms with Crippen molar-refractivity contribution in [3.05, 3.63) is 48.6 Å². The Morgan fingerprint density at radius 3 is 1.16 bits per heavy atom. The van der Waals surface area contributed by atoms with E-state index in [1.165, 1.54) is 167 Å². The summed E-state index contributed by atoms with van der Waals surface area (Å²) in [5.74, 6) is -0.243. The zero-order valence-corrected chi connectivity index (χ0v) is 57.7. The molecule has 1 amide bonds. The minimum absolute atomic E-state index is 0.243. The molecule has 3 rings (SSSR count). The van der Waals surface area contributed by atoms with Gasteiger partial charge < -0.3 is 89.9 Å². The molecule has 17 atom stereocenters. The van der Waals surface area contributed by atoms with Crippen LogP contribution >= 0.6 is 0 Å². The molecule has 3 heterocycles. The van der Waals surface area contributed by atoms with Crippen molar-refractivity contribution >= 4 is 5.91 Å². The van der Waals surface area contributed by atoms with Crippen LogP contribution in [-0.2, 0) is 33.2 Å². The molecule has 0 aromatic carbocycles. The lowest BCUT2D eigenvalue weighted by atomic mass is 9.96. The largest absolute Gasteiger partial charge is 0.394 e. The molecule has 3 aliphatic rings. The van der Waals surface area contributed by atoms with Crippen LogP contribution in [-0.4, -0.2) is 193 Å². The second kappa shape index (κ2) is 55.6. The number of allylic oxidation sites excluding steroid dienone is 8. The first-order valence-corrected chi connectivity index (χ1v) is 37.4. The third-order valence-corrected chi connectivity index (χ3v) is 18.7. The number of carbonyl (C=O) groups excluding carboxylic acids is 1. The van der Waals surface area contributed by atoms with Crippen LogP contribution in [0.3, 0.4) is 0 Å². The van der Waals surface area contributed by atoms with Crippen LogP contribution < -0.4 is 5.32 Å². The second-order valence-corrected chi connectivity index (χ2v) is 26.7. The zero-order valence-electron chi connectivity index (χ0n) is 57.7. The Kier molecular flexibility index (Phi) is 50.8. The Labute approximate surface area is 561 Å². The van der Waals surface area contributed by atoms with Crippen molar-refractivity contribution < 1.29 is 89.4 Å². The summed E-state index contributed by atoms with van der Waals surface area (Å²) in [7, 11) is 0. The highest BCUT2D eigenvalue weighted by Crippen LogP contribution is 2.33. The molecule has 0 aromatic rings. The predicted molar refractivity (Wildman–Crippen MR) is 365 cm³/mol. The molecule has 19 nitrogen and oxygen atoms in total. The number of ether oxygens (including phenoxy) is 6. The Balaban J connectivity index is 1.21. The first-order valence-electron chi connectivity index (χ1n) is 37.4. The van der Waals surface area contributed by atoms with E-state index < -0.39 is 124 Å². The van der Waals surface area contributed by atoms with Gasteiger partial charge in [0, 0.05) is 6.42 Å². The second-order valence-electron chi connectivity index (χ2n) is 26.7. The first kappa shape index (κ1) is 85.0. The van der Waals surface area contributed by atoms with Crippen molar-refractivity contribution in [3.8, 4) is 0 Å². The minimum Gasteiger partial charge on any atom is -0.394 e. The summed E-state index contributed by atoms with van der Waals surface area (Å²) in [6, 6.07) is -0.882. The maximum Gasteiger partial charge on any atom is 0.220 e. The van der Waals surface area contributed by atoms with E-state index in [-0.39, 0.29) is 18.9 Å². The maximum absolute atomic E-state index is 13.3. The van der Waals surface area contributed by atoms with Crippen molar-refractivity contribution in [1.82, 2.24) is 5.32 Å². The molecular weight excluding hydrogens is 1190 g/mol. The minimum atomic E-state index is -1.97. The van der Waals surface area contributed by atoms with Gasteiger partial charge in [0.25, 0.3) is 0 Å². The fourth-order valence-electron chi connectivity index (χ4n) is 12.7. The van der Waals surface area contributed by atoms with Crippen molar-refractivity contribution in [2.75, 3.05) is 26.4 Å². The average Bonchev–Trinajstić information content (AvgIpc) is 0.798. The lowest BCUT2D eigenvalue weighted by molar-refractivity contribution is -0.379. The number of hydrogen-bond donors (Lipinski definition) is 12. The highest BCUT2D eigenvalue weighted by molar-refractivity contribution is 5.76. The highest BCUT2D eigenvalue weighted by atomic mass is 16.8. The molecule has 0 aromatic heterocycles. The summed E-state index contributed by atoms with van der Waals surface area (Å²) in [5.41, 5.74) is 0. The predicted octanol–water partition coefficient (Wildman–Crippen LogP) is 10.9. The lowest BCUT2D eigenvalue weighted by Crippen LogP contribution is -2.66. The van der Waals surface area contributed by atoms with Gasteiger partial charge in [-0.1, -0.05) is 274 Å². The summed E-state index contributed by atoms with van der Waals surface area (Å²) in [6.45, 7) is 1.63. The number of unbranched alkanes of at least 4 members (excludes halogenated alkanes) is 34. The molecule has 0 aliphatic carbocycles. The van der Waals surface area contributed by atoms with E-state index in [4.69, 9.17) is 28.4 Å². The Morgan fingerprint density at radius 2 is 0.742 bits per heavy atom. The van der Waals surface area contributed by atoms with Crippen LogP contribution in [0.1, 0.15) is 284 Å². The number of nitrogens with one attached hydrogen (secondary N) is 1. The third kappa shape index (κ3) is 37.0. The van der Waals surface area contributed by atoms with Gasteiger partial charge in [-0.25, -0.2) is 0 Å². The Hall–Kier alpha value is -2.25. The van der Waals surface area contributed by atoms with Crippen molar-refractivity contribution in [3.63, 3.8) is 0 Å². The number of rotatable bonds is 58. The SMILES string of the molecule is CC/C=C\C/C=C\C/C=C\C/C=C\CCCCCCCCCCCCCCCCCCCCCCCCCCCCCCC(=O)NC(COC1OC(CO)C(OC2OC(CO)C(OC3OC(CO)C(O)C(O)C3O)C(O)C2O)C(O)C1O)C(O)CCCCCCCCC. The van der Waals surface area contributed by atoms with Crippen LogP contribution in [0, 0.1) is 0 Å². The number of amides is 1. The molecule has 0 saturated carbocycles. The molecule has 12 N–H and O–H groups in total. The van der Waals surface area contributed by atoms with Crippen molar-refractivity contribution in [1.29, 1.82) is 0 Å². The van der Waals surface area contributed by atoms with Gasteiger partial charge in [0.05, 0.1) is 38.6 Å². The molecule has 3 fully saturated rings. The molecule has 3 saturated heterocycles. The molecule has 93 heavy (non-hydrogen) atoms. The van der Waals surface area contributed by atoms with E-state index in [2.05, 4.69) is 67.8 Å². The lowest BCUT2D eigenvalue weighted by Gasteiger charge is -2.48. The van der Waals surface area contributed by atoms with Gasteiger partial charge >= 0.3 is 0 Å². The van der Waals surface area contributed by atoms with Gasteiger partial charge in [-0.05, 0) is 51.4 Å². The van der Waals surface area contributed by atoms with Crippen LogP contribution in [0.4, 0.5) is 0 Å². The van der Waals surface area contributed by atoms with Gasteiger partial charge in [0.2, 0.25) is 5.91 Å². The molecule has 17 unspecified atom stereocenters. The van der Waals surface area contributed by atoms with Crippen molar-refractivity contribution in [2.24, 2.45) is 0 Å². The number of hydrogen-bond acceptors (Lipinski definition) is 18. The smallest absolute Gasteiger partial charge is 0.220 e. The third-order valence-electron chi connectivity index (χ3n) is 18.7. The van der Waals surface area contributed by atoms with E-state index in [0.29, 0.717) is 12.8 Å². The fraction of sp³-hybridized carbons (Fsp3) is 0.878. The summed E-state index contributed by atoms with van der Waals surface area (Å²) in [5, 5.41) is 120. The highest BCUT2D eigenvalue weighted by Gasteiger charge is 2.53. The zero-order chi connectivity index (χ0) is 67.5. The normalized spacial score (nSPS) is 27.8. The van der Waals surface area contributed by atoms with E-state index in [1.54, 1.807) is 0 Å². The quantitative estimate of drug-likeness (QED) is 0.0199. The summed E-state index contributed by atoms with van der Waals surface area (Å²) in [4.78, 5) is 13.3. The van der Waals surface area contributed by atoms with Gasteiger partial charge in [-0.2, -0.15) is 0 Å². The number of carbonyl (C=O) groups is 1. The molecule has 0 spiro atoms. The Morgan fingerprint density at radius 1 is 0.398 bits per heavy atom. The van der Waals surface area contributed by atoms with E-state index in [1.807, 2.05) is 0 Å². The first-order chi connectivity index (χ1) is 45.3. The van der Waals surface area contributed by atoms with Gasteiger partial charge in [0.15, 0.2) is 18.9 Å². The monoisotopic (exact) mass is 1330 g/mol. The summed E-state index contributed by atoms with van der Waals surface area (Å²) < 4.78 is 34.3. The summed E-state index contributed by atoms with van der Waals surface area (Å²) >= 11 is 0. The van der Waals surface area contributed by atoms with Crippen molar-refractivity contribution in [2.45, 2.75) is 388 Å². The van der Waals surface area contributed by atoms with Crippen LogP contribution in [0.5, 0.6) is 0 Å². The van der Waals surface area contributed by atoms with E-state index >= 15 is 0 Å². The average molecular weight is 1330 g/mol. The number of aliphatic hydroxyl groups excluding tert-OH is 11. The van der Waals surface area contributed by atoms with Crippen LogP contribution in [0.15, 0.2) is 48.6 Å². The van der Waals surface area contributed by atoms with Crippen LogP contribution in [0.25, 0.3) is 0 Å². The van der Waals surface area contributed by atoms with Gasteiger partial charge in [-0.3, -0.25) is 4.79 Å². The molecular formula is C74H135NO18. The fourth-order valence-corrected chi connectivity index (χ4v) is 12.7. The van der Waals surface area contributed by atoms with Gasteiger partial charge in [0.1, 0.15) is 73.2 Å². The van der Waals surface area contributed by atoms with E-state index in [0.717, 1.165) is 83.5 Å².